The minimum absolute atomic E-state index is 0.0184. The van der Waals surface area contributed by atoms with E-state index in [0.29, 0.717) is 23.0 Å². The van der Waals surface area contributed by atoms with Crippen LogP contribution >= 0.6 is 0 Å². The van der Waals surface area contributed by atoms with E-state index in [4.69, 9.17) is 4.74 Å². The first kappa shape index (κ1) is 16.4. The zero-order chi connectivity index (χ0) is 17.8. The quantitative estimate of drug-likeness (QED) is 0.695. The molecule has 0 aromatic heterocycles. The largest absolute Gasteiger partial charge is 0.513 e. The molecule has 0 aromatic rings. The van der Waals surface area contributed by atoms with Crippen molar-refractivity contribution in [3.63, 3.8) is 0 Å². The number of hydrogen-bond donors (Lipinski definition) is 1. The van der Waals surface area contributed by atoms with Crippen LogP contribution in [0.2, 0.25) is 0 Å². The van der Waals surface area contributed by atoms with Crippen LogP contribution in [0.3, 0.4) is 0 Å². The van der Waals surface area contributed by atoms with Gasteiger partial charge in [0.05, 0.1) is 5.76 Å². The standard InChI is InChI=1S/C22H32O3/c1-13(23)22-20(3)10-8-17-16(18(20)12-21(22,4)25-22)6-5-14-11-15(24)7-9-19(14,17)2/h11,14,16-18,24H,5-10,12H2,1-4H3/t14-,16+,17-,18-,19-,20-,21+,22-/m0/s1. The average molecular weight is 344 g/mol. The topological polar surface area (TPSA) is 49.8 Å². The molecular weight excluding hydrogens is 312 g/mol. The lowest BCUT2D eigenvalue weighted by Crippen LogP contribution is -2.55. The fourth-order valence-corrected chi connectivity index (χ4v) is 8.46. The summed E-state index contributed by atoms with van der Waals surface area (Å²) in [5.41, 5.74) is -0.368. The van der Waals surface area contributed by atoms with E-state index in [1.165, 1.54) is 19.3 Å². The van der Waals surface area contributed by atoms with Crippen LogP contribution < -0.4 is 0 Å². The van der Waals surface area contributed by atoms with Gasteiger partial charge < -0.3 is 9.84 Å². The summed E-state index contributed by atoms with van der Waals surface area (Å²) >= 11 is 0. The first-order chi connectivity index (χ1) is 11.7. The Kier molecular flexibility index (Phi) is 2.96. The molecular formula is C22H32O3. The molecule has 0 bridgehead atoms. The molecule has 25 heavy (non-hydrogen) atoms. The minimum Gasteiger partial charge on any atom is -0.513 e. The van der Waals surface area contributed by atoms with E-state index in [2.05, 4.69) is 26.8 Å². The number of aliphatic hydroxyl groups excluding tert-OH is 1. The molecule has 1 N–H and O–H groups in total. The Labute approximate surface area is 151 Å². The van der Waals surface area contributed by atoms with Crippen LogP contribution in [-0.4, -0.2) is 22.1 Å². The van der Waals surface area contributed by atoms with Crippen molar-refractivity contribution in [1.82, 2.24) is 0 Å². The number of ketones is 1. The summed E-state index contributed by atoms with van der Waals surface area (Å²) in [5, 5.41) is 10.0. The van der Waals surface area contributed by atoms with Gasteiger partial charge in [-0.2, -0.15) is 0 Å². The highest BCUT2D eigenvalue weighted by molar-refractivity contribution is 5.91. The van der Waals surface area contributed by atoms with Gasteiger partial charge in [-0.1, -0.05) is 13.8 Å². The van der Waals surface area contributed by atoms with Crippen LogP contribution in [0.4, 0.5) is 0 Å². The van der Waals surface area contributed by atoms with E-state index in [-0.39, 0.29) is 16.8 Å². The molecule has 4 fully saturated rings. The van der Waals surface area contributed by atoms with E-state index in [0.717, 1.165) is 37.5 Å². The van der Waals surface area contributed by atoms with Gasteiger partial charge in [0.15, 0.2) is 11.4 Å². The number of hydrogen-bond acceptors (Lipinski definition) is 3. The molecule has 138 valence electrons. The lowest BCUT2D eigenvalue weighted by molar-refractivity contribution is -0.142. The zero-order valence-corrected chi connectivity index (χ0v) is 16.1. The summed E-state index contributed by atoms with van der Waals surface area (Å²) in [5.74, 6) is 3.48. The molecule has 5 aliphatic rings. The number of fused-ring (bicyclic) bond motifs is 7. The van der Waals surface area contributed by atoms with Crippen LogP contribution in [0.1, 0.15) is 72.6 Å². The Morgan fingerprint density at radius 3 is 2.64 bits per heavy atom. The molecule has 0 spiro atoms. The average Bonchev–Trinajstić information content (AvgIpc) is 3.13. The summed E-state index contributed by atoms with van der Waals surface area (Å²) < 4.78 is 6.20. The Morgan fingerprint density at radius 2 is 1.92 bits per heavy atom. The maximum absolute atomic E-state index is 12.6. The predicted octanol–water partition coefficient (Wildman–Crippen LogP) is 4.81. The molecule has 1 heterocycles. The zero-order valence-electron chi connectivity index (χ0n) is 16.1. The third-order valence-corrected chi connectivity index (χ3v) is 9.64. The van der Waals surface area contributed by atoms with Crippen LogP contribution in [0.5, 0.6) is 0 Å². The first-order valence-corrected chi connectivity index (χ1v) is 10.3. The van der Waals surface area contributed by atoms with Crippen molar-refractivity contribution in [1.29, 1.82) is 0 Å². The summed E-state index contributed by atoms with van der Waals surface area (Å²) in [4.78, 5) is 12.6. The van der Waals surface area contributed by atoms with Crippen molar-refractivity contribution in [2.75, 3.05) is 0 Å². The van der Waals surface area contributed by atoms with E-state index in [9.17, 15) is 9.90 Å². The number of carbonyl (C=O) groups excluding carboxylic acids is 1. The van der Waals surface area contributed by atoms with Gasteiger partial charge in [0.25, 0.3) is 0 Å². The van der Waals surface area contributed by atoms with Gasteiger partial charge in [-0.15, -0.1) is 0 Å². The van der Waals surface area contributed by atoms with Crippen molar-refractivity contribution in [3.8, 4) is 0 Å². The van der Waals surface area contributed by atoms with E-state index < -0.39 is 5.60 Å². The van der Waals surface area contributed by atoms with E-state index in [1.807, 2.05) is 0 Å². The molecule has 0 unspecified atom stereocenters. The van der Waals surface area contributed by atoms with E-state index in [1.54, 1.807) is 6.92 Å². The smallest absolute Gasteiger partial charge is 0.165 e. The van der Waals surface area contributed by atoms with Gasteiger partial charge >= 0.3 is 0 Å². The molecule has 0 radical (unpaired) electrons. The number of aliphatic hydroxyl groups is 1. The minimum atomic E-state index is -0.502. The Morgan fingerprint density at radius 1 is 1.16 bits per heavy atom. The van der Waals surface area contributed by atoms with Gasteiger partial charge in [0.2, 0.25) is 0 Å². The summed E-state index contributed by atoms with van der Waals surface area (Å²) in [7, 11) is 0. The number of rotatable bonds is 1. The van der Waals surface area contributed by atoms with Crippen LogP contribution in [0.15, 0.2) is 11.8 Å². The van der Waals surface area contributed by atoms with Crippen LogP contribution in [0.25, 0.3) is 0 Å². The lowest BCUT2D eigenvalue weighted by Gasteiger charge is -2.59. The third-order valence-electron chi connectivity index (χ3n) is 9.64. The molecule has 1 aliphatic heterocycles. The molecule has 3 saturated carbocycles. The maximum Gasteiger partial charge on any atom is 0.165 e. The highest BCUT2D eigenvalue weighted by Crippen LogP contribution is 2.77. The monoisotopic (exact) mass is 344 g/mol. The Bertz CT molecular complexity index is 683. The van der Waals surface area contributed by atoms with Gasteiger partial charge in [0, 0.05) is 11.8 Å². The second kappa shape index (κ2) is 4.52. The SMILES string of the molecule is CC(=O)[C@@]12O[C@]1(C)C[C@H]1[C@@H]3CC[C@H]4C=C(O)CC[C@]4(C)[C@H]3CC[C@@]12C. The van der Waals surface area contributed by atoms with Crippen molar-refractivity contribution in [2.45, 2.75) is 83.8 Å². The first-order valence-electron chi connectivity index (χ1n) is 10.3. The maximum atomic E-state index is 12.6. The molecule has 5 rings (SSSR count). The van der Waals surface area contributed by atoms with Crippen molar-refractivity contribution >= 4 is 5.78 Å². The summed E-state index contributed by atoms with van der Waals surface area (Å²) in [6.45, 7) is 8.77. The van der Waals surface area contributed by atoms with E-state index >= 15 is 0 Å². The fourth-order valence-electron chi connectivity index (χ4n) is 8.46. The highest BCUT2D eigenvalue weighted by atomic mass is 16.6. The van der Waals surface area contributed by atoms with Crippen molar-refractivity contribution in [3.05, 3.63) is 11.8 Å². The van der Waals surface area contributed by atoms with Crippen molar-refractivity contribution in [2.24, 2.45) is 34.5 Å². The van der Waals surface area contributed by atoms with Crippen LogP contribution in [-0.2, 0) is 9.53 Å². The molecule has 3 nitrogen and oxygen atoms in total. The van der Waals surface area contributed by atoms with Crippen LogP contribution in [0, 0.1) is 34.5 Å². The van der Waals surface area contributed by atoms with Gasteiger partial charge in [0.1, 0.15) is 5.60 Å². The molecule has 4 aliphatic carbocycles. The molecule has 8 atom stereocenters. The Hall–Kier alpha value is -0.830. The normalized spacial score (nSPS) is 59.1. The third kappa shape index (κ3) is 1.66. The molecule has 3 heteroatoms. The molecule has 1 saturated heterocycles. The Balaban J connectivity index is 1.52. The van der Waals surface area contributed by atoms with Gasteiger partial charge in [-0.25, -0.2) is 0 Å². The van der Waals surface area contributed by atoms with Crippen molar-refractivity contribution < 1.29 is 14.6 Å². The number of epoxide rings is 1. The number of Topliss-reactive ketones (excluding diaryl/α,β-unsaturated/α-hetero) is 1. The van der Waals surface area contributed by atoms with Gasteiger partial charge in [-0.05, 0) is 87.5 Å². The second-order valence-electron chi connectivity index (χ2n) is 10.5. The molecule has 0 aromatic carbocycles. The number of ether oxygens (including phenoxy) is 1. The fraction of sp³-hybridized carbons (Fsp3) is 0.864. The lowest BCUT2D eigenvalue weighted by atomic mass is 9.45. The van der Waals surface area contributed by atoms with Gasteiger partial charge in [-0.3, -0.25) is 4.79 Å². The number of carbonyl (C=O) groups is 1. The predicted molar refractivity (Wildman–Crippen MR) is 96.1 cm³/mol. The second-order valence-corrected chi connectivity index (χ2v) is 10.5. The molecule has 0 amide bonds. The number of allylic oxidation sites excluding steroid dienone is 2. The summed E-state index contributed by atoms with van der Waals surface area (Å²) in [6, 6.07) is 0. The highest BCUT2D eigenvalue weighted by Gasteiger charge is 2.85. The summed E-state index contributed by atoms with van der Waals surface area (Å²) in [6.07, 6.45) is 9.97.